The Morgan fingerprint density at radius 1 is 1.38 bits per heavy atom. The molecular formula is C12H23N3O. The molecule has 0 saturated carbocycles. The van der Waals surface area contributed by atoms with Gasteiger partial charge in [-0.3, -0.25) is 9.69 Å². The lowest BCUT2D eigenvalue weighted by Gasteiger charge is -2.24. The zero-order valence-corrected chi connectivity index (χ0v) is 10.2. The van der Waals surface area contributed by atoms with Crippen molar-refractivity contribution in [2.24, 2.45) is 5.73 Å². The number of hydrogen-bond donors (Lipinski definition) is 1. The summed E-state index contributed by atoms with van der Waals surface area (Å²) in [5.74, 6) is 0.143. The quantitative estimate of drug-likeness (QED) is 0.757. The van der Waals surface area contributed by atoms with Crippen molar-refractivity contribution in [2.75, 3.05) is 26.2 Å². The molecule has 1 amide bonds. The molecule has 4 heteroatoms. The second-order valence-corrected chi connectivity index (χ2v) is 4.98. The molecular weight excluding hydrogens is 202 g/mol. The molecule has 0 aromatic heterocycles. The molecule has 0 bridgehead atoms. The Morgan fingerprint density at radius 3 is 2.69 bits per heavy atom. The lowest BCUT2D eigenvalue weighted by molar-refractivity contribution is -0.131. The van der Waals surface area contributed by atoms with Crippen LogP contribution in [-0.4, -0.2) is 54.0 Å². The molecule has 2 saturated heterocycles. The van der Waals surface area contributed by atoms with Crippen LogP contribution in [0.4, 0.5) is 0 Å². The first-order valence-corrected chi connectivity index (χ1v) is 6.50. The summed E-state index contributed by atoms with van der Waals surface area (Å²) in [5, 5.41) is 0. The molecule has 2 aliphatic heterocycles. The minimum absolute atomic E-state index is 0.143. The number of likely N-dealkylation sites (tertiary alicyclic amines) is 2. The van der Waals surface area contributed by atoms with Crippen LogP contribution in [0, 0.1) is 0 Å². The van der Waals surface area contributed by atoms with E-state index in [1.165, 1.54) is 25.9 Å². The number of amides is 1. The lowest BCUT2D eigenvalue weighted by atomic mass is 10.2. The SMILES string of the molecule is CCC(N)C(=O)N1CCC(N2CCCC2)C1. The highest BCUT2D eigenvalue weighted by Gasteiger charge is 2.32. The first-order valence-electron chi connectivity index (χ1n) is 6.50. The van der Waals surface area contributed by atoms with Gasteiger partial charge in [-0.05, 0) is 38.8 Å². The maximum Gasteiger partial charge on any atom is 0.239 e. The lowest BCUT2D eigenvalue weighted by Crippen LogP contribution is -2.44. The molecule has 2 rings (SSSR count). The summed E-state index contributed by atoms with van der Waals surface area (Å²) in [6.45, 7) is 6.19. The third-order valence-corrected chi connectivity index (χ3v) is 3.89. The molecule has 0 aromatic rings. The Bertz CT molecular complexity index is 251. The predicted octanol–water partition coefficient (Wildman–Crippen LogP) is 0.420. The van der Waals surface area contributed by atoms with Crippen LogP contribution in [0.15, 0.2) is 0 Å². The van der Waals surface area contributed by atoms with Crippen molar-refractivity contribution in [1.82, 2.24) is 9.80 Å². The largest absolute Gasteiger partial charge is 0.340 e. The van der Waals surface area contributed by atoms with Crippen molar-refractivity contribution < 1.29 is 4.79 Å². The summed E-state index contributed by atoms with van der Waals surface area (Å²) in [6.07, 6.45) is 4.50. The number of nitrogens with zero attached hydrogens (tertiary/aromatic N) is 2. The Labute approximate surface area is 97.8 Å². The topological polar surface area (TPSA) is 49.6 Å². The van der Waals surface area contributed by atoms with Gasteiger partial charge in [0.25, 0.3) is 0 Å². The van der Waals surface area contributed by atoms with E-state index in [2.05, 4.69) is 4.90 Å². The van der Waals surface area contributed by atoms with Crippen LogP contribution < -0.4 is 5.73 Å². The normalized spacial score (nSPS) is 28.6. The van der Waals surface area contributed by atoms with E-state index in [9.17, 15) is 4.79 Å². The van der Waals surface area contributed by atoms with E-state index < -0.39 is 0 Å². The van der Waals surface area contributed by atoms with Crippen LogP contribution in [-0.2, 0) is 4.79 Å². The van der Waals surface area contributed by atoms with Gasteiger partial charge in [-0.15, -0.1) is 0 Å². The molecule has 0 aliphatic carbocycles. The minimum atomic E-state index is -0.294. The maximum atomic E-state index is 11.9. The standard InChI is InChI=1S/C12H23N3O/c1-2-11(13)12(16)15-8-5-10(9-15)14-6-3-4-7-14/h10-11H,2-9,13H2,1H3. The van der Waals surface area contributed by atoms with Crippen molar-refractivity contribution in [3.8, 4) is 0 Å². The first kappa shape index (κ1) is 11.9. The summed E-state index contributed by atoms with van der Waals surface area (Å²) in [5.41, 5.74) is 5.79. The van der Waals surface area contributed by atoms with Gasteiger partial charge in [-0.2, -0.15) is 0 Å². The van der Waals surface area contributed by atoms with Gasteiger partial charge in [0.15, 0.2) is 0 Å². The second kappa shape index (κ2) is 5.15. The third kappa shape index (κ3) is 2.38. The predicted molar refractivity (Wildman–Crippen MR) is 64.1 cm³/mol. The van der Waals surface area contributed by atoms with Gasteiger partial charge in [0.1, 0.15) is 0 Å². The minimum Gasteiger partial charge on any atom is -0.340 e. The van der Waals surface area contributed by atoms with Crippen molar-refractivity contribution in [1.29, 1.82) is 0 Å². The van der Waals surface area contributed by atoms with E-state index in [0.29, 0.717) is 6.04 Å². The molecule has 2 atom stereocenters. The molecule has 92 valence electrons. The van der Waals surface area contributed by atoms with Crippen LogP contribution in [0.25, 0.3) is 0 Å². The van der Waals surface area contributed by atoms with Gasteiger partial charge in [0.05, 0.1) is 6.04 Å². The summed E-state index contributed by atoms with van der Waals surface area (Å²) in [6, 6.07) is 0.299. The van der Waals surface area contributed by atoms with Crippen LogP contribution in [0.3, 0.4) is 0 Å². The Hall–Kier alpha value is -0.610. The molecule has 2 N–H and O–H groups in total. The van der Waals surface area contributed by atoms with Gasteiger partial charge in [0, 0.05) is 19.1 Å². The van der Waals surface area contributed by atoms with E-state index in [4.69, 9.17) is 5.73 Å². The molecule has 2 unspecified atom stereocenters. The average Bonchev–Trinajstić information content (AvgIpc) is 2.96. The summed E-state index contributed by atoms with van der Waals surface area (Å²) >= 11 is 0. The van der Waals surface area contributed by atoms with Crippen molar-refractivity contribution in [3.05, 3.63) is 0 Å². The average molecular weight is 225 g/mol. The smallest absolute Gasteiger partial charge is 0.239 e. The number of nitrogens with two attached hydrogens (primary N) is 1. The molecule has 0 aromatic carbocycles. The van der Waals surface area contributed by atoms with Crippen molar-refractivity contribution in [3.63, 3.8) is 0 Å². The number of carbonyl (C=O) groups is 1. The Kier molecular flexibility index (Phi) is 3.82. The molecule has 16 heavy (non-hydrogen) atoms. The van der Waals surface area contributed by atoms with Crippen LogP contribution >= 0.6 is 0 Å². The summed E-state index contributed by atoms with van der Waals surface area (Å²) in [4.78, 5) is 16.4. The highest BCUT2D eigenvalue weighted by molar-refractivity contribution is 5.81. The molecule has 0 radical (unpaired) electrons. The van der Waals surface area contributed by atoms with Crippen molar-refractivity contribution >= 4 is 5.91 Å². The van der Waals surface area contributed by atoms with E-state index in [0.717, 1.165) is 25.9 Å². The third-order valence-electron chi connectivity index (χ3n) is 3.89. The Morgan fingerprint density at radius 2 is 2.06 bits per heavy atom. The van der Waals surface area contributed by atoms with Gasteiger partial charge < -0.3 is 10.6 Å². The number of rotatable bonds is 3. The van der Waals surface area contributed by atoms with E-state index >= 15 is 0 Å². The molecule has 4 nitrogen and oxygen atoms in total. The fourth-order valence-electron chi connectivity index (χ4n) is 2.76. The van der Waals surface area contributed by atoms with Crippen LogP contribution in [0.2, 0.25) is 0 Å². The van der Waals surface area contributed by atoms with Gasteiger partial charge in [-0.1, -0.05) is 6.92 Å². The van der Waals surface area contributed by atoms with Crippen LogP contribution in [0.5, 0.6) is 0 Å². The first-order chi connectivity index (χ1) is 7.72. The molecule has 2 fully saturated rings. The molecule has 2 aliphatic rings. The van der Waals surface area contributed by atoms with Crippen molar-refractivity contribution in [2.45, 2.75) is 44.7 Å². The highest BCUT2D eigenvalue weighted by Crippen LogP contribution is 2.20. The fraction of sp³-hybridized carbons (Fsp3) is 0.917. The summed E-state index contributed by atoms with van der Waals surface area (Å²) < 4.78 is 0. The van der Waals surface area contributed by atoms with Gasteiger partial charge in [0.2, 0.25) is 5.91 Å². The van der Waals surface area contributed by atoms with Gasteiger partial charge >= 0.3 is 0 Å². The molecule has 2 heterocycles. The number of hydrogen-bond acceptors (Lipinski definition) is 3. The van der Waals surface area contributed by atoms with Gasteiger partial charge in [-0.25, -0.2) is 0 Å². The summed E-state index contributed by atoms with van der Waals surface area (Å²) in [7, 11) is 0. The molecule has 0 spiro atoms. The zero-order valence-electron chi connectivity index (χ0n) is 10.2. The highest BCUT2D eigenvalue weighted by atomic mass is 16.2. The second-order valence-electron chi connectivity index (χ2n) is 4.98. The van der Waals surface area contributed by atoms with Crippen LogP contribution in [0.1, 0.15) is 32.6 Å². The monoisotopic (exact) mass is 225 g/mol. The van der Waals surface area contributed by atoms with E-state index in [1.807, 2.05) is 11.8 Å². The zero-order chi connectivity index (χ0) is 11.5. The van der Waals surface area contributed by atoms with E-state index in [1.54, 1.807) is 0 Å². The Balaban J connectivity index is 1.85. The fourth-order valence-corrected chi connectivity index (χ4v) is 2.76. The number of carbonyl (C=O) groups excluding carboxylic acids is 1. The van der Waals surface area contributed by atoms with E-state index in [-0.39, 0.29) is 11.9 Å². The maximum absolute atomic E-state index is 11.9.